The molecule has 27 heavy (non-hydrogen) atoms. The van der Waals surface area contributed by atoms with Crippen LogP contribution in [0.5, 0.6) is 0 Å². The summed E-state index contributed by atoms with van der Waals surface area (Å²) in [6, 6.07) is 19.4. The topological polar surface area (TPSA) is 55.8 Å². The quantitative estimate of drug-likeness (QED) is 0.764. The van der Waals surface area contributed by atoms with E-state index in [0.29, 0.717) is 13.0 Å². The van der Waals surface area contributed by atoms with Crippen LogP contribution in [0.25, 0.3) is 0 Å². The first kappa shape index (κ1) is 17.3. The molecule has 1 amide bonds. The Kier molecular flexibility index (Phi) is 4.67. The van der Waals surface area contributed by atoms with Crippen LogP contribution in [0.4, 0.5) is 4.79 Å². The van der Waals surface area contributed by atoms with Crippen molar-refractivity contribution in [3.63, 3.8) is 0 Å². The molecule has 1 aliphatic carbocycles. The molecular weight excluding hydrogens is 342 g/mol. The fourth-order valence-corrected chi connectivity index (χ4v) is 3.88. The number of rotatable bonds is 4. The van der Waals surface area contributed by atoms with Crippen molar-refractivity contribution < 1.29 is 19.1 Å². The number of hydrogen-bond acceptors (Lipinski definition) is 4. The Hall–Kier alpha value is -3.08. The van der Waals surface area contributed by atoms with Crippen molar-refractivity contribution in [3.8, 4) is 0 Å². The molecule has 138 valence electrons. The van der Waals surface area contributed by atoms with Gasteiger partial charge in [-0.25, -0.2) is 4.79 Å². The molecule has 0 radical (unpaired) electrons. The summed E-state index contributed by atoms with van der Waals surface area (Å²) in [6.45, 7) is 1.84. The molecule has 0 saturated carbocycles. The minimum atomic E-state index is -0.469. The van der Waals surface area contributed by atoms with Crippen molar-refractivity contribution >= 4 is 12.1 Å². The molecule has 0 unspecified atom stereocenters. The summed E-state index contributed by atoms with van der Waals surface area (Å²) in [6.07, 6.45) is 1.39. The minimum absolute atomic E-state index is 0.210. The van der Waals surface area contributed by atoms with E-state index in [1.807, 2.05) is 66.7 Å². The van der Waals surface area contributed by atoms with Gasteiger partial charge in [-0.05, 0) is 11.1 Å². The Morgan fingerprint density at radius 2 is 1.78 bits per heavy atom. The van der Waals surface area contributed by atoms with E-state index in [1.165, 1.54) is 6.92 Å². The molecule has 1 aliphatic heterocycles. The zero-order chi connectivity index (χ0) is 18.8. The number of amides is 1. The summed E-state index contributed by atoms with van der Waals surface area (Å²) >= 11 is 0. The number of hydrogen-bond donors (Lipinski definition) is 0. The largest absolute Gasteiger partial charge is 0.461 e. The molecular formula is C22H21NO4. The van der Waals surface area contributed by atoms with Gasteiger partial charge in [-0.2, -0.15) is 0 Å². The van der Waals surface area contributed by atoms with Gasteiger partial charge in [-0.15, -0.1) is 0 Å². The summed E-state index contributed by atoms with van der Waals surface area (Å²) in [5.74, 6) is -0.536. The Bertz CT molecular complexity index is 862. The second-order valence-corrected chi connectivity index (χ2v) is 6.83. The zero-order valence-corrected chi connectivity index (χ0v) is 15.1. The van der Waals surface area contributed by atoms with Crippen LogP contribution in [0.15, 0.2) is 72.4 Å². The summed E-state index contributed by atoms with van der Waals surface area (Å²) in [5, 5.41) is 0. The first-order chi connectivity index (χ1) is 13.1. The summed E-state index contributed by atoms with van der Waals surface area (Å²) in [7, 11) is 0. The standard InChI is InChI=1S/C22H21NO4/c1-15(24)26-19-13-12-18-20(19)21(17-10-6-3-7-11-17)27-22(25)23(18)14-16-8-4-2-5-9-16/h2-12,19-21H,13-14H2,1H3/t19-,20+,21+/m1/s1. The molecule has 0 aromatic heterocycles. The number of fused-ring (bicyclic) bond motifs is 1. The van der Waals surface area contributed by atoms with Crippen LogP contribution in [0.3, 0.4) is 0 Å². The maximum atomic E-state index is 12.8. The van der Waals surface area contributed by atoms with Gasteiger partial charge in [0.25, 0.3) is 0 Å². The molecule has 1 fully saturated rings. The van der Waals surface area contributed by atoms with E-state index >= 15 is 0 Å². The van der Waals surface area contributed by atoms with Crippen molar-refractivity contribution in [3.05, 3.63) is 83.6 Å². The van der Waals surface area contributed by atoms with Gasteiger partial charge in [-0.3, -0.25) is 9.69 Å². The Morgan fingerprint density at radius 3 is 2.44 bits per heavy atom. The number of cyclic esters (lactones) is 1. The molecule has 1 saturated heterocycles. The van der Waals surface area contributed by atoms with Gasteiger partial charge >= 0.3 is 12.1 Å². The first-order valence-electron chi connectivity index (χ1n) is 9.08. The summed E-state index contributed by atoms with van der Waals surface area (Å²) < 4.78 is 11.4. The third-order valence-corrected chi connectivity index (χ3v) is 5.02. The molecule has 2 aromatic carbocycles. The molecule has 4 rings (SSSR count). The maximum Gasteiger partial charge on any atom is 0.414 e. The third-order valence-electron chi connectivity index (χ3n) is 5.02. The van der Waals surface area contributed by atoms with Crippen LogP contribution < -0.4 is 0 Å². The SMILES string of the molecule is CC(=O)O[C@@H]1CC=C2[C@@H]1[C@H](c1ccccc1)OC(=O)N2Cc1ccccc1. The van der Waals surface area contributed by atoms with Crippen LogP contribution in [-0.2, 0) is 20.8 Å². The van der Waals surface area contributed by atoms with Crippen molar-refractivity contribution in [2.45, 2.75) is 32.1 Å². The van der Waals surface area contributed by atoms with Crippen molar-refractivity contribution in [1.29, 1.82) is 0 Å². The summed E-state index contributed by atoms with van der Waals surface area (Å²) in [4.78, 5) is 26.1. The lowest BCUT2D eigenvalue weighted by molar-refractivity contribution is -0.150. The van der Waals surface area contributed by atoms with Gasteiger partial charge < -0.3 is 9.47 Å². The van der Waals surface area contributed by atoms with Crippen LogP contribution in [0, 0.1) is 5.92 Å². The molecule has 5 nitrogen and oxygen atoms in total. The van der Waals surface area contributed by atoms with E-state index in [9.17, 15) is 9.59 Å². The van der Waals surface area contributed by atoms with E-state index in [2.05, 4.69) is 0 Å². The number of carbonyl (C=O) groups is 2. The van der Waals surface area contributed by atoms with Gasteiger partial charge in [0.1, 0.15) is 12.2 Å². The lowest BCUT2D eigenvalue weighted by Crippen LogP contribution is -2.44. The van der Waals surface area contributed by atoms with E-state index in [1.54, 1.807) is 4.90 Å². The second-order valence-electron chi connectivity index (χ2n) is 6.83. The highest BCUT2D eigenvalue weighted by Gasteiger charge is 2.48. The van der Waals surface area contributed by atoms with Gasteiger partial charge in [0.15, 0.2) is 0 Å². The molecule has 1 heterocycles. The van der Waals surface area contributed by atoms with Crippen molar-refractivity contribution in [2.75, 3.05) is 0 Å². The number of carbonyl (C=O) groups excluding carboxylic acids is 2. The molecule has 0 spiro atoms. The predicted molar refractivity (Wildman–Crippen MR) is 99.4 cm³/mol. The monoisotopic (exact) mass is 363 g/mol. The fraction of sp³-hybridized carbons (Fsp3) is 0.273. The van der Waals surface area contributed by atoms with Gasteiger partial charge in [0, 0.05) is 19.0 Å². The number of benzene rings is 2. The predicted octanol–water partition coefficient (Wildman–Crippen LogP) is 4.22. The highest BCUT2D eigenvalue weighted by molar-refractivity contribution is 5.73. The van der Waals surface area contributed by atoms with Crippen LogP contribution in [-0.4, -0.2) is 23.1 Å². The molecule has 2 aliphatic rings. The van der Waals surface area contributed by atoms with Crippen molar-refractivity contribution in [2.24, 2.45) is 5.92 Å². The Labute approximate surface area is 158 Å². The Morgan fingerprint density at radius 1 is 1.11 bits per heavy atom. The highest BCUT2D eigenvalue weighted by atomic mass is 16.6. The lowest BCUT2D eigenvalue weighted by atomic mass is 9.89. The van der Waals surface area contributed by atoms with E-state index in [-0.39, 0.29) is 24.1 Å². The highest BCUT2D eigenvalue weighted by Crippen LogP contribution is 2.46. The molecule has 0 N–H and O–H groups in total. The van der Waals surface area contributed by atoms with Crippen LogP contribution >= 0.6 is 0 Å². The number of nitrogens with zero attached hydrogens (tertiary/aromatic N) is 1. The van der Waals surface area contributed by atoms with Gasteiger partial charge in [0.05, 0.1) is 12.5 Å². The number of esters is 1. The fourth-order valence-electron chi connectivity index (χ4n) is 3.88. The smallest absolute Gasteiger partial charge is 0.414 e. The molecule has 3 atom stereocenters. The average Bonchev–Trinajstić information content (AvgIpc) is 3.08. The maximum absolute atomic E-state index is 12.8. The lowest BCUT2D eigenvalue weighted by Gasteiger charge is -2.40. The van der Waals surface area contributed by atoms with Gasteiger partial charge in [0.2, 0.25) is 0 Å². The Balaban J connectivity index is 1.67. The normalized spacial score (nSPS) is 24.0. The first-order valence-corrected chi connectivity index (χ1v) is 9.08. The number of ether oxygens (including phenoxy) is 2. The van der Waals surface area contributed by atoms with E-state index in [0.717, 1.165) is 16.8 Å². The molecule has 2 aromatic rings. The summed E-state index contributed by atoms with van der Waals surface area (Å²) in [5.41, 5.74) is 2.79. The van der Waals surface area contributed by atoms with Crippen LogP contribution in [0.2, 0.25) is 0 Å². The van der Waals surface area contributed by atoms with Gasteiger partial charge in [-0.1, -0.05) is 66.7 Å². The minimum Gasteiger partial charge on any atom is -0.461 e. The second kappa shape index (κ2) is 7.27. The van der Waals surface area contributed by atoms with E-state index in [4.69, 9.17) is 9.47 Å². The zero-order valence-electron chi connectivity index (χ0n) is 15.1. The third kappa shape index (κ3) is 3.45. The molecule has 0 bridgehead atoms. The van der Waals surface area contributed by atoms with Crippen molar-refractivity contribution in [1.82, 2.24) is 4.90 Å². The van der Waals surface area contributed by atoms with Crippen LogP contribution in [0.1, 0.15) is 30.6 Å². The average molecular weight is 363 g/mol. The molecule has 5 heteroatoms. The van der Waals surface area contributed by atoms with E-state index < -0.39 is 6.10 Å².